The first-order valence-electron chi connectivity index (χ1n) is 6.29. The van der Waals surface area contributed by atoms with Crippen molar-refractivity contribution in [3.63, 3.8) is 0 Å². The zero-order valence-electron chi connectivity index (χ0n) is 10.9. The normalized spacial score (nSPS) is 11.5. The molecule has 0 aliphatic carbocycles. The Morgan fingerprint density at radius 2 is 1.74 bits per heavy atom. The van der Waals surface area contributed by atoms with E-state index in [-0.39, 0.29) is 11.9 Å². The van der Waals surface area contributed by atoms with Crippen LogP contribution in [0.25, 0.3) is 0 Å². The van der Waals surface area contributed by atoms with Gasteiger partial charge in [-0.25, -0.2) is 4.39 Å². The van der Waals surface area contributed by atoms with Crippen molar-refractivity contribution in [1.29, 1.82) is 0 Å². The fourth-order valence-electron chi connectivity index (χ4n) is 1.81. The molecule has 0 saturated carbocycles. The van der Waals surface area contributed by atoms with E-state index in [4.69, 9.17) is 0 Å². The largest absolute Gasteiger partial charge is 0.299 e. The van der Waals surface area contributed by atoms with Crippen LogP contribution in [0.15, 0.2) is 54.6 Å². The highest BCUT2D eigenvalue weighted by Crippen LogP contribution is 2.15. The molecule has 0 aliphatic heterocycles. The topological polar surface area (TPSA) is 12.0 Å². The summed E-state index contributed by atoms with van der Waals surface area (Å²) in [5.41, 5.74) is 1.66. The first-order valence-corrected chi connectivity index (χ1v) is 6.29. The summed E-state index contributed by atoms with van der Waals surface area (Å²) in [5, 5.41) is 3.20. The van der Waals surface area contributed by atoms with Gasteiger partial charge in [0.1, 0.15) is 5.82 Å². The third kappa shape index (κ3) is 3.94. The second-order valence-electron chi connectivity index (χ2n) is 4.29. The van der Waals surface area contributed by atoms with Gasteiger partial charge in [-0.2, -0.15) is 0 Å². The Balaban J connectivity index is 1.90. The molecule has 2 rings (SSSR count). The van der Waals surface area contributed by atoms with Crippen LogP contribution < -0.4 is 5.32 Å². The number of hydrogen-bond acceptors (Lipinski definition) is 1. The summed E-state index contributed by atoms with van der Waals surface area (Å²) in [6.07, 6.45) is 0. The monoisotopic (exact) mass is 253 g/mol. The maximum Gasteiger partial charge on any atom is 0.127 e. The molecule has 0 aliphatic rings. The lowest BCUT2D eigenvalue weighted by Crippen LogP contribution is -2.19. The van der Waals surface area contributed by atoms with Crippen molar-refractivity contribution in [3.05, 3.63) is 71.5 Å². The van der Waals surface area contributed by atoms with E-state index in [9.17, 15) is 4.39 Å². The Labute approximate surface area is 113 Å². The number of rotatable bonds is 3. The van der Waals surface area contributed by atoms with E-state index in [0.29, 0.717) is 12.1 Å². The van der Waals surface area contributed by atoms with Crippen molar-refractivity contribution in [1.82, 2.24) is 5.32 Å². The average Bonchev–Trinajstić information content (AvgIpc) is 2.45. The van der Waals surface area contributed by atoms with Gasteiger partial charge < -0.3 is 0 Å². The zero-order valence-corrected chi connectivity index (χ0v) is 10.9. The lowest BCUT2D eigenvalue weighted by atomic mass is 10.1. The van der Waals surface area contributed by atoms with Crippen molar-refractivity contribution in [2.24, 2.45) is 0 Å². The van der Waals surface area contributed by atoms with Crippen LogP contribution in [0.2, 0.25) is 0 Å². The molecule has 0 bridgehead atoms. The number of hydrogen-bond donors (Lipinski definition) is 1. The van der Waals surface area contributed by atoms with Crippen molar-refractivity contribution >= 4 is 0 Å². The van der Waals surface area contributed by atoms with Crippen molar-refractivity contribution in [2.45, 2.75) is 13.0 Å². The van der Waals surface area contributed by atoms with Crippen LogP contribution >= 0.6 is 0 Å². The predicted molar refractivity (Wildman–Crippen MR) is 76.1 cm³/mol. The summed E-state index contributed by atoms with van der Waals surface area (Å²) in [5.74, 6) is 5.92. The molecule has 96 valence electrons. The predicted octanol–water partition coefficient (Wildman–Crippen LogP) is 3.53. The summed E-state index contributed by atoms with van der Waals surface area (Å²) in [6.45, 7) is 2.47. The molecule has 0 fully saturated rings. The summed E-state index contributed by atoms with van der Waals surface area (Å²) in [6, 6.07) is 16.6. The quantitative estimate of drug-likeness (QED) is 0.825. The Morgan fingerprint density at radius 1 is 1.05 bits per heavy atom. The van der Waals surface area contributed by atoms with E-state index in [1.165, 1.54) is 6.07 Å². The van der Waals surface area contributed by atoms with Gasteiger partial charge in [-0.3, -0.25) is 5.32 Å². The van der Waals surface area contributed by atoms with Crippen molar-refractivity contribution in [2.75, 3.05) is 6.54 Å². The zero-order chi connectivity index (χ0) is 13.5. The van der Waals surface area contributed by atoms with Gasteiger partial charge in [-0.1, -0.05) is 48.2 Å². The lowest BCUT2D eigenvalue weighted by molar-refractivity contribution is 0.551. The number of nitrogens with one attached hydrogen (secondary N) is 1. The van der Waals surface area contributed by atoms with Gasteiger partial charge in [0.25, 0.3) is 0 Å². The van der Waals surface area contributed by atoms with Crippen LogP contribution in [-0.2, 0) is 0 Å². The summed E-state index contributed by atoms with van der Waals surface area (Å²) in [7, 11) is 0. The molecule has 0 radical (unpaired) electrons. The molecular formula is C17H16FN. The van der Waals surface area contributed by atoms with Crippen LogP contribution in [0, 0.1) is 17.7 Å². The molecule has 19 heavy (non-hydrogen) atoms. The van der Waals surface area contributed by atoms with Crippen LogP contribution in [0.1, 0.15) is 24.1 Å². The third-order valence-corrected chi connectivity index (χ3v) is 2.87. The van der Waals surface area contributed by atoms with E-state index in [2.05, 4.69) is 17.2 Å². The molecule has 0 amide bonds. The highest BCUT2D eigenvalue weighted by atomic mass is 19.1. The second kappa shape index (κ2) is 6.72. The van der Waals surface area contributed by atoms with Crippen molar-refractivity contribution in [3.8, 4) is 11.8 Å². The van der Waals surface area contributed by atoms with E-state index >= 15 is 0 Å². The standard InChI is InChI=1S/C17H16FN/c1-14(16-11-5-6-12-17(16)18)19-13-7-10-15-8-3-2-4-9-15/h2-6,8-9,11-12,14,19H,13H2,1H3. The first-order chi connectivity index (χ1) is 9.27. The minimum absolute atomic E-state index is 0.0497. The molecular weight excluding hydrogens is 237 g/mol. The molecule has 0 saturated heterocycles. The molecule has 1 N–H and O–H groups in total. The Morgan fingerprint density at radius 3 is 2.47 bits per heavy atom. The number of halogens is 1. The fourth-order valence-corrected chi connectivity index (χ4v) is 1.81. The summed E-state index contributed by atoms with van der Waals surface area (Å²) in [4.78, 5) is 0. The smallest absolute Gasteiger partial charge is 0.127 e. The fraction of sp³-hybridized carbons (Fsp3) is 0.176. The minimum atomic E-state index is -0.182. The summed E-state index contributed by atoms with van der Waals surface area (Å²) >= 11 is 0. The van der Waals surface area contributed by atoms with Gasteiger partial charge in [0.05, 0.1) is 6.54 Å². The molecule has 2 aromatic rings. The Kier molecular flexibility index (Phi) is 4.72. The minimum Gasteiger partial charge on any atom is -0.299 e. The molecule has 0 aromatic heterocycles. The first kappa shape index (κ1) is 13.3. The molecule has 2 aromatic carbocycles. The highest BCUT2D eigenvalue weighted by molar-refractivity contribution is 5.33. The highest BCUT2D eigenvalue weighted by Gasteiger charge is 2.07. The van der Waals surface area contributed by atoms with Gasteiger partial charge in [-0.15, -0.1) is 0 Å². The van der Waals surface area contributed by atoms with Gasteiger partial charge in [0.2, 0.25) is 0 Å². The summed E-state index contributed by atoms with van der Waals surface area (Å²) < 4.78 is 13.5. The average molecular weight is 253 g/mol. The maximum atomic E-state index is 13.5. The van der Waals surface area contributed by atoms with Gasteiger partial charge >= 0.3 is 0 Å². The van der Waals surface area contributed by atoms with Crippen LogP contribution in [-0.4, -0.2) is 6.54 Å². The molecule has 2 heteroatoms. The lowest BCUT2D eigenvalue weighted by Gasteiger charge is -2.12. The van der Waals surface area contributed by atoms with Crippen molar-refractivity contribution < 1.29 is 4.39 Å². The molecule has 0 heterocycles. The van der Waals surface area contributed by atoms with Gasteiger partial charge in [0.15, 0.2) is 0 Å². The Hall–Kier alpha value is -2.11. The van der Waals surface area contributed by atoms with E-state index < -0.39 is 0 Å². The maximum absolute atomic E-state index is 13.5. The molecule has 1 atom stereocenters. The van der Waals surface area contributed by atoms with Crippen LogP contribution in [0.5, 0.6) is 0 Å². The van der Waals surface area contributed by atoms with Gasteiger partial charge in [-0.05, 0) is 25.1 Å². The number of benzene rings is 2. The Bertz CT molecular complexity index is 581. The van der Waals surface area contributed by atoms with Crippen LogP contribution in [0.4, 0.5) is 4.39 Å². The molecule has 1 nitrogen and oxygen atoms in total. The van der Waals surface area contributed by atoms with E-state index in [1.807, 2.05) is 43.3 Å². The van der Waals surface area contributed by atoms with E-state index in [0.717, 1.165) is 5.56 Å². The third-order valence-electron chi connectivity index (χ3n) is 2.87. The molecule has 0 spiro atoms. The second-order valence-corrected chi connectivity index (χ2v) is 4.29. The van der Waals surface area contributed by atoms with E-state index in [1.54, 1.807) is 12.1 Å². The molecule has 1 unspecified atom stereocenters. The van der Waals surface area contributed by atoms with Crippen LogP contribution in [0.3, 0.4) is 0 Å². The SMILES string of the molecule is CC(NCC#Cc1ccccc1)c1ccccc1F. The van der Waals surface area contributed by atoms with Gasteiger partial charge in [0, 0.05) is 17.2 Å².